The van der Waals surface area contributed by atoms with Gasteiger partial charge in [0.25, 0.3) is 0 Å². The van der Waals surface area contributed by atoms with Gasteiger partial charge in [0.15, 0.2) is 11.5 Å². The molecule has 0 spiro atoms. The van der Waals surface area contributed by atoms with Gasteiger partial charge < -0.3 is 29.6 Å². The Morgan fingerprint density at radius 2 is 1.63 bits per heavy atom. The van der Waals surface area contributed by atoms with E-state index in [1.54, 1.807) is 12.1 Å². The quantitative estimate of drug-likeness (QED) is 0.703. The standard InChI is InChI=1S/C20H26N2O5/c1-5-27-16-9-7-6-8-14(16)10-11-21-20(23)22-15-12-17(24-2)19(26-4)18(13-15)25-3/h6-9,12-13H,5,10-11H2,1-4H3,(H2,21,22,23). The highest BCUT2D eigenvalue weighted by atomic mass is 16.5. The molecule has 2 rings (SSSR count). The second-order valence-corrected chi connectivity index (χ2v) is 5.59. The van der Waals surface area contributed by atoms with Gasteiger partial charge in [0.1, 0.15) is 5.75 Å². The first-order valence-electron chi connectivity index (χ1n) is 8.68. The van der Waals surface area contributed by atoms with Crippen LogP contribution in [0.2, 0.25) is 0 Å². The number of para-hydroxylation sites is 1. The number of amides is 2. The molecular weight excluding hydrogens is 348 g/mol. The van der Waals surface area contributed by atoms with Crippen LogP contribution in [0.25, 0.3) is 0 Å². The maximum atomic E-state index is 12.2. The summed E-state index contributed by atoms with van der Waals surface area (Å²) in [6.45, 7) is 3.02. The third-order valence-electron chi connectivity index (χ3n) is 3.87. The van der Waals surface area contributed by atoms with Crippen LogP contribution in [0, 0.1) is 0 Å². The van der Waals surface area contributed by atoms with Crippen LogP contribution in [0.4, 0.5) is 10.5 Å². The van der Waals surface area contributed by atoms with Crippen LogP contribution in [0.1, 0.15) is 12.5 Å². The van der Waals surface area contributed by atoms with Crippen molar-refractivity contribution in [3.05, 3.63) is 42.0 Å². The lowest BCUT2D eigenvalue weighted by Crippen LogP contribution is -2.30. The molecule has 0 saturated heterocycles. The highest BCUT2D eigenvalue weighted by Crippen LogP contribution is 2.39. The molecule has 7 nitrogen and oxygen atoms in total. The number of nitrogens with one attached hydrogen (secondary N) is 2. The summed E-state index contributed by atoms with van der Waals surface area (Å²) in [5, 5.41) is 5.61. The third-order valence-corrected chi connectivity index (χ3v) is 3.87. The minimum absolute atomic E-state index is 0.321. The van der Waals surface area contributed by atoms with Crippen molar-refractivity contribution >= 4 is 11.7 Å². The first-order valence-corrected chi connectivity index (χ1v) is 8.68. The molecule has 0 fully saturated rings. The Hall–Kier alpha value is -3.09. The molecule has 0 aliphatic heterocycles. The van der Waals surface area contributed by atoms with Crippen LogP contribution < -0.4 is 29.6 Å². The highest BCUT2D eigenvalue weighted by molar-refractivity contribution is 5.90. The van der Waals surface area contributed by atoms with Crippen molar-refractivity contribution in [1.82, 2.24) is 5.32 Å². The normalized spacial score (nSPS) is 10.1. The number of ether oxygens (including phenoxy) is 4. The molecule has 0 saturated carbocycles. The molecule has 7 heteroatoms. The smallest absolute Gasteiger partial charge is 0.319 e. The predicted octanol–water partition coefficient (Wildman–Crippen LogP) is 3.48. The molecule has 2 N–H and O–H groups in total. The summed E-state index contributed by atoms with van der Waals surface area (Å²) in [4.78, 5) is 12.2. The fraction of sp³-hybridized carbons (Fsp3) is 0.350. The molecule has 0 aromatic heterocycles. The second kappa shape index (κ2) is 10.2. The van der Waals surface area contributed by atoms with Crippen LogP contribution in [-0.4, -0.2) is 40.5 Å². The monoisotopic (exact) mass is 374 g/mol. The number of hydrogen-bond acceptors (Lipinski definition) is 5. The molecule has 0 bridgehead atoms. The maximum absolute atomic E-state index is 12.2. The average Bonchev–Trinajstić information content (AvgIpc) is 2.68. The van der Waals surface area contributed by atoms with Crippen molar-refractivity contribution in [2.75, 3.05) is 39.8 Å². The summed E-state index contributed by atoms with van der Waals surface area (Å²) in [6, 6.07) is 10.8. The molecule has 0 unspecified atom stereocenters. The van der Waals surface area contributed by atoms with E-state index in [4.69, 9.17) is 18.9 Å². The molecule has 2 aromatic carbocycles. The first kappa shape index (κ1) is 20.2. The van der Waals surface area contributed by atoms with Crippen LogP contribution in [0.15, 0.2) is 36.4 Å². The fourth-order valence-electron chi connectivity index (χ4n) is 2.65. The summed E-state index contributed by atoms with van der Waals surface area (Å²) >= 11 is 0. The molecule has 146 valence electrons. The second-order valence-electron chi connectivity index (χ2n) is 5.59. The lowest BCUT2D eigenvalue weighted by molar-refractivity contribution is 0.252. The SMILES string of the molecule is CCOc1ccccc1CCNC(=O)Nc1cc(OC)c(OC)c(OC)c1. The van der Waals surface area contributed by atoms with E-state index in [0.717, 1.165) is 11.3 Å². The summed E-state index contributed by atoms with van der Waals surface area (Å²) in [5.74, 6) is 2.25. The van der Waals surface area contributed by atoms with Crippen LogP contribution >= 0.6 is 0 Å². The zero-order chi connectivity index (χ0) is 19.6. The summed E-state index contributed by atoms with van der Waals surface area (Å²) in [5.41, 5.74) is 1.59. The molecule has 2 amide bonds. The van der Waals surface area contributed by atoms with E-state index in [2.05, 4.69) is 10.6 Å². The van der Waals surface area contributed by atoms with E-state index in [1.165, 1.54) is 21.3 Å². The number of carbonyl (C=O) groups excluding carboxylic acids is 1. The van der Waals surface area contributed by atoms with E-state index in [9.17, 15) is 4.79 Å². The number of urea groups is 1. The third kappa shape index (κ3) is 5.44. The van der Waals surface area contributed by atoms with Gasteiger partial charge in [-0.1, -0.05) is 18.2 Å². The summed E-state index contributed by atoms with van der Waals surface area (Å²) in [6.07, 6.45) is 0.666. The van der Waals surface area contributed by atoms with E-state index in [1.807, 2.05) is 31.2 Å². The van der Waals surface area contributed by atoms with Gasteiger partial charge in [-0.3, -0.25) is 0 Å². The van der Waals surface area contributed by atoms with Gasteiger partial charge in [0.2, 0.25) is 5.75 Å². The van der Waals surface area contributed by atoms with E-state index in [-0.39, 0.29) is 6.03 Å². The van der Waals surface area contributed by atoms with E-state index >= 15 is 0 Å². The number of methoxy groups -OCH3 is 3. The summed E-state index contributed by atoms with van der Waals surface area (Å²) in [7, 11) is 4.58. The Balaban J connectivity index is 1.96. The molecule has 0 radical (unpaired) electrons. The van der Waals surface area contributed by atoms with E-state index in [0.29, 0.717) is 42.5 Å². The van der Waals surface area contributed by atoms with Crippen molar-refractivity contribution in [2.45, 2.75) is 13.3 Å². The molecule has 2 aromatic rings. The molecule has 0 aliphatic rings. The van der Waals surface area contributed by atoms with Gasteiger partial charge in [0.05, 0.1) is 33.6 Å². The largest absolute Gasteiger partial charge is 0.494 e. The van der Waals surface area contributed by atoms with Gasteiger partial charge in [-0.05, 0) is 25.0 Å². The van der Waals surface area contributed by atoms with Crippen LogP contribution in [-0.2, 0) is 6.42 Å². The molecule has 0 aliphatic carbocycles. The Kier molecular flexibility index (Phi) is 7.61. The van der Waals surface area contributed by atoms with Gasteiger partial charge in [0, 0.05) is 18.7 Å². The molecule has 0 heterocycles. The van der Waals surface area contributed by atoms with Crippen molar-refractivity contribution < 1.29 is 23.7 Å². The average molecular weight is 374 g/mol. The Bertz CT molecular complexity index is 739. The van der Waals surface area contributed by atoms with Crippen molar-refractivity contribution in [3.63, 3.8) is 0 Å². The molecule has 27 heavy (non-hydrogen) atoms. The fourth-order valence-corrected chi connectivity index (χ4v) is 2.65. The highest BCUT2D eigenvalue weighted by Gasteiger charge is 2.14. The zero-order valence-corrected chi connectivity index (χ0v) is 16.1. The lowest BCUT2D eigenvalue weighted by Gasteiger charge is -2.15. The van der Waals surface area contributed by atoms with Crippen molar-refractivity contribution in [1.29, 1.82) is 0 Å². The topological polar surface area (TPSA) is 78.1 Å². The number of hydrogen-bond donors (Lipinski definition) is 2. The van der Waals surface area contributed by atoms with Crippen LogP contribution in [0.5, 0.6) is 23.0 Å². The Labute approximate surface area is 159 Å². The van der Waals surface area contributed by atoms with Crippen LogP contribution in [0.3, 0.4) is 0 Å². The number of benzene rings is 2. The van der Waals surface area contributed by atoms with E-state index < -0.39 is 0 Å². The van der Waals surface area contributed by atoms with Crippen molar-refractivity contribution in [2.24, 2.45) is 0 Å². The number of rotatable bonds is 9. The van der Waals surface area contributed by atoms with Crippen molar-refractivity contribution in [3.8, 4) is 23.0 Å². The predicted molar refractivity (Wildman–Crippen MR) is 104 cm³/mol. The number of anilines is 1. The van der Waals surface area contributed by atoms with Gasteiger partial charge >= 0.3 is 6.03 Å². The molecule has 0 atom stereocenters. The Morgan fingerprint density at radius 3 is 2.22 bits per heavy atom. The van der Waals surface area contributed by atoms with Gasteiger partial charge in [-0.25, -0.2) is 4.79 Å². The number of carbonyl (C=O) groups is 1. The maximum Gasteiger partial charge on any atom is 0.319 e. The summed E-state index contributed by atoms with van der Waals surface area (Å²) < 4.78 is 21.4. The first-order chi connectivity index (χ1) is 13.1. The lowest BCUT2D eigenvalue weighted by atomic mass is 10.1. The zero-order valence-electron chi connectivity index (χ0n) is 16.1. The van der Waals surface area contributed by atoms with Gasteiger partial charge in [-0.2, -0.15) is 0 Å². The minimum atomic E-state index is -0.321. The van der Waals surface area contributed by atoms with Gasteiger partial charge in [-0.15, -0.1) is 0 Å². The minimum Gasteiger partial charge on any atom is -0.494 e. The Morgan fingerprint density at radius 1 is 0.963 bits per heavy atom. The molecular formula is C20H26N2O5.